The van der Waals surface area contributed by atoms with Crippen LogP contribution in [0, 0.1) is 5.92 Å². The summed E-state index contributed by atoms with van der Waals surface area (Å²) in [4.78, 5) is 26.2. The van der Waals surface area contributed by atoms with E-state index >= 15 is 0 Å². The number of likely N-dealkylation sites (tertiary alicyclic amines) is 1. The minimum absolute atomic E-state index is 0.000720. The molecular formula is C21H30N2O4. The molecule has 0 aromatic heterocycles. The molecule has 148 valence electrons. The highest BCUT2D eigenvalue weighted by Crippen LogP contribution is 2.28. The number of piperidine rings is 1. The van der Waals surface area contributed by atoms with Crippen LogP contribution < -0.4 is 14.8 Å². The lowest BCUT2D eigenvalue weighted by Crippen LogP contribution is -2.44. The lowest BCUT2D eigenvalue weighted by molar-refractivity contribution is -0.137. The van der Waals surface area contributed by atoms with E-state index in [4.69, 9.17) is 9.47 Å². The lowest BCUT2D eigenvalue weighted by Gasteiger charge is -2.31. The van der Waals surface area contributed by atoms with Gasteiger partial charge in [-0.3, -0.25) is 9.59 Å². The summed E-state index contributed by atoms with van der Waals surface area (Å²) in [7, 11) is 1.58. The van der Waals surface area contributed by atoms with Crippen LogP contribution in [-0.2, 0) is 9.59 Å². The number of nitrogens with one attached hydrogen (secondary N) is 1. The fourth-order valence-corrected chi connectivity index (χ4v) is 3.11. The second-order valence-electron chi connectivity index (χ2n) is 6.65. The first-order valence-corrected chi connectivity index (χ1v) is 9.58. The highest BCUT2D eigenvalue weighted by atomic mass is 16.5. The number of amides is 2. The minimum atomic E-state index is -0.0676. The van der Waals surface area contributed by atoms with Gasteiger partial charge in [-0.1, -0.05) is 25.1 Å². The molecule has 0 spiro atoms. The second kappa shape index (κ2) is 10.6. The van der Waals surface area contributed by atoms with Gasteiger partial charge in [-0.25, -0.2) is 0 Å². The molecule has 0 unspecified atom stereocenters. The predicted molar refractivity (Wildman–Crippen MR) is 106 cm³/mol. The molecule has 2 rings (SSSR count). The molecule has 1 heterocycles. The molecule has 6 nitrogen and oxygen atoms in total. The van der Waals surface area contributed by atoms with Crippen molar-refractivity contribution in [2.75, 3.05) is 33.4 Å². The predicted octanol–water partition coefficient (Wildman–Crippen LogP) is 2.87. The number of ether oxygens (including phenoxy) is 2. The Balaban J connectivity index is 1.84. The first-order valence-electron chi connectivity index (χ1n) is 9.58. The van der Waals surface area contributed by atoms with Gasteiger partial charge < -0.3 is 19.7 Å². The van der Waals surface area contributed by atoms with Crippen molar-refractivity contribution >= 4 is 17.9 Å². The Hall–Kier alpha value is -2.50. The van der Waals surface area contributed by atoms with E-state index in [1.165, 1.54) is 0 Å². The number of carbonyl (C=O) groups is 2. The number of hydrogen-bond donors (Lipinski definition) is 1. The van der Waals surface area contributed by atoms with Crippen LogP contribution in [0.25, 0.3) is 6.08 Å². The Bertz CT molecular complexity index is 664. The summed E-state index contributed by atoms with van der Waals surface area (Å²) < 4.78 is 11.0. The van der Waals surface area contributed by atoms with Gasteiger partial charge in [0.1, 0.15) is 0 Å². The Morgan fingerprint density at radius 2 is 2.00 bits per heavy atom. The third kappa shape index (κ3) is 6.01. The zero-order valence-electron chi connectivity index (χ0n) is 16.5. The van der Waals surface area contributed by atoms with Crippen molar-refractivity contribution in [3.8, 4) is 11.5 Å². The van der Waals surface area contributed by atoms with E-state index in [1.54, 1.807) is 12.0 Å². The van der Waals surface area contributed by atoms with E-state index in [0.29, 0.717) is 44.0 Å². The first-order chi connectivity index (χ1) is 13.1. The van der Waals surface area contributed by atoms with E-state index < -0.39 is 0 Å². The van der Waals surface area contributed by atoms with Crippen molar-refractivity contribution < 1.29 is 19.1 Å². The number of rotatable bonds is 8. The highest BCUT2D eigenvalue weighted by Gasteiger charge is 2.27. The molecule has 6 heteroatoms. The van der Waals surface area contributed by atoms with Crippen LogP contribution in [-0.4, -0.2) is 50.1 Å². The van der Waals surface area contributed by atoms with Gasteiger partial charge in [-0.05, 0) is 43.9 Å². The molecule has 0 saturated carbocycles. The monoisotopic (exact) mass is 374 g/mol. The Kier molecular flexibility index (Phi) is 8.17. The summed E-state index contributed by atoms with van der Waals surface area (Å²) in [5.74, 6) is 1.19. The topological polar surface area (TPSA) is 67.9 Å². The quantitative estimate of drug-likeness (QED) is 0.760. The van der Waals surface area contributed by atoms with Crippen LogP contribution in [0.1, 0.15) is 38.7 Å². The number of hydrogen-bond acceptors (Lipinski definition) is 4. The van der Waals surface area contributed by atoms with Gasteiger partial charge in [0.05, 0.1) is 7.11 Å². The normalized spacial score (nSPS) is 15.0. The molecule has 1 fully saturated rings. The largest absolute Gasteiger partial charge is 0.493 e. The SMILES string of the molecule is C/C=C/c1ccc(OCC(=O)N2CCC(C(=O)NCCC)CC2)c(OC)c1. The average molecular weight is 374 g/mol. The molecule has 1 aromatic rings. The van der Waals surface area contributed by atoms with E-state index in [2.05, 4.69) is 5.32 Å². The van der Waals surface area contributed by atoms with Gasteiger partial charge in [-0.15, -0.1) is 0 Å². The molecule has 1 N–H and O–H groups in total. The maximum absolute atomic E-state index is 12.4. The highest BCUT2D eigenvalue weighted by molar-refractivity contribution is 5.80. The number of benzene rings is 1. The summed E-state index contributed by atoms with van der Waals surface area (Å²) in [6.45, 7) is 5.83. The minimum Gasteiger partial charge on any atom is -0.493 e. The van der Waals surface area contributed by atoms with Crippen molar-refractivity contribution in [3.63, 3.8) is 0 Å². The molecule has 27 heavy (non-hydrogen) atoms. The summed E-state index contributed by atoms with van der Waals surface area (Å²) in [6, 6.07) is 5.61. The van der Waals surface area contributed by atoms with Crippen molar-refractivity contribution in [1.82, 2.24) is 10.2 Å². The molecule has 0 bridgehead atoms. The number of allylic oxidation sites excluding steroid dienone is 1. The molecule has 2 amide bonds. The third-order valence-electron chi connectivity index (χ3n) is 4.67. The Labute approximate surface area is 161 Å². The molecule has 1 aromatic carbocycles. The smallest absolute Gasteiger partial charge is 0.260 e. The third-order valence-corrected chi connectivity index (χ3v) is 4.67. The van der Waals surface area contributed by atoms with Gasteiger partial charge in [0.25, 0.3) is 5.91 Å². The van der Waals surface area contributed by atoms with E-state index in [-0.39, 0.29) is 24.3 Å². The van der Waals surface area contributed by atoms with Crippen LogP contribution in [0.4, 0.5) is 0 Å². The van der Waals surface area contributed by atoms with Gasteiger partial charge in [0.15, 0.2) is 18.1 Å². The average Bonchev–Trinajstić information content (AvgIpc) is 2.71. The van der Waals surface area contributed by atoms with Crippen LogP contribution in [0.2, 0.25) is 0 Å². The van der Waals surface area contributed by atoms with Crippen LogP contribution in [0.15, 0.2) is 24.3 Å². The Morgan fingerprint density at radius 1 is 1.26 bits per heavy atom. The molecule has 1 aliphatic heterocycles. The fraction of sp³-hybridized carbons (Fsp3) is 0.524. The first kappa shape index (κ1) is 20.8. The maximum Gasteiger partial charge on any atom is 0.260 e. The van der Waals surface area contributed by atoms with Crippen molar-refractivity contribution in [3.05, 3.63) is 29.8 Å². The Morgan fingerprint density at radius 3 is 2.63 bits per heavy atom. The van der Waals surface area contributed by atoms with E-state index in [1.807, 2.05) is 44.2 Å². The van der Waals surface area contributed by atoms with E-state index in [9.17, 15) is 9.59 Å². The summed E-state index contributed by atoms with van der Waals surface area (Å²) >= 11 is 0. The summed E-state index contributed by atoms with van der Waals surface area (Å²) in [6.07, 6.45) is 6.24. The van der Waals surface area contributed by atoms with Gasteiger partial charge in [0, 0.05) is 25.6 Å². The van der Waals surface area contributed by atoms with Crippen molar-refractivity contribution in [1.29, 1.82) is 0 Å². The zero-order valence-corrected chi connectivity index (χ0v) is 16.5. The lowest BCUT2D eigenvalue weighted by atomic mass is 9.96. The number of nitrogens with zero attached hydrogens (tertiary/aromatic N) is 1. The fourth-order valence-electron chi connectivity index (χ4n) is 3.11. The summed E-state index contributed by atoms with van der Waals surface area (Å²) in [5, 5.41) is 2.93. The van der Waals surface area contributed by atoms with Gasteiger partial charge >= 0.3 is 0 Å². The summed E-state index contributed by atoms with van der Waals surface area (Å²) in [5.41, 5.74) is 1.01. The van der Waals surface area contributed by atoms with Crippen LogP contribution in [0.5, 0.6) is 11.5 Å². The van der Waals surface area contributed by atoms with Crippen molar-refractivity contribution in [2.24, 2.45) is 5.92 Å². The van der Waals surface area contributed by atoms with Gasteiger partial charge in [-0.2, -0.15) is 0 Å². The molecule has 0 atom stereocenters. The van der Waals surface area contributed by atoms with E-state index in [0.717, 1.165) is 12.0 Å². The molecule has 1 saturated heterocycles. The van der Waals surface area contributed by atoms with Crippen molar-refractivity contribution in [2.45, 2.75) is 33.1 Å². The van der Waals surface area contributed by atoms with Gasteiger partial charge in [0.2, 0.25) is 5.91 Å². The number of carbonyl (C=O) groups excluding carboxylic acids is 2. The molecule has 1 aliphatic rings. The number of methoxy groups -OCH3 is 1. The molecule has 0 aliphatic carbocycles. The second-order valence-corrected chi connectivity index (χ2v) is 6.65. The maximum atomic E-state index is 12.4. The zero-order chi connectivity index (χ0) is 19.6. The standard InChI is InChI=1S/C21H30N2O4/c1-4-6-16-7-8-18(19(14-16)26-3)27-15-20(24)23-12-9-17(10-13-23)21(25)22-11-5-2/h4,6-8,14,17H,5,9-13,15H2,1-3H3,(H,22,25)/b6-4+. The molecule has 0 radical (unpaired) electrons. The van der Waals surface area contributed by atoms with Crippen LogP contribution >= 0.6 is 0 Å². The van der Waals surface area contributed by atoms with Crippen LogP contribution in [0.3, 0.4) is 0 Å². The molecular weight excluding hydrogens is 344 g/mol.